The molecule has 0 heterocycles. The first kappa shape index (κ1) is 54.5. The van der Waals surface area contributed by atoms with Crippen molar-refractivity contribution in [1.29, 1.82) is 0 Å². The molecule has 10 aromatic rings. The van der Waals surface area contributed by atoms with Crippen molar-refractivity contribution in [2.24, 2.45) is 0 Å². The van der Waals surface area contributed by atoms with Gasteiger partial charge < -0.3 is 28.7 Å². The van der Waals surface area contributed by atoms with E-state index < -0.39 is 0 Å². The normalized spacial score (nSPS) is 11.1. The molecule has 0 aliphatic carbocycles. The van der Waals surface area contributed by atoms with Gasteiger partial charge in [0.15, 0.2) is 0 Å². The van der Waals surface area contributed by atoms with Gasteiger partial charge in [-0.25, -0.2) is 0 Å². The van der Waals surface area contributed by atoms with Crippen molar-refractivity contribution in [2.45, 2.75) is 39.3 Å². The highest BCUT2D eigenvalue weighted by Gasteiger charge is 2.16. The molecule has 6 nitrogen and oxygen atoms in total. The SMILES string of the molecule is C=Cc1ccc(COCCc2ccc(N(c3ccc(COCCOCc4ccc(N(c5ccc(CCOCc6ccc(C=C)cc6)cc5)c5ccc(-c6ccccc6)cc5)cc4)cc3)c3ccc(-c4ccccc4)cc3)cc2)cc1. The van der Waals surface area contributed by atoms with Gasteiger partial charge in [-0.3, -0.25) is 0 Å². The molecule has 0 unspecified atom stereocenters. The summed E-state index contributed by atoms with van der Waals surface area (Å²) in [5.41, 5.74) is 20.4. The second kappa shape index (κ2) is 28.1. The molecule has 0 aromatic heterocycles. The summed E-state index contributed by atoms with van der Waals surface area (Å²) in [6, 6.07) is 90.1. The Labute approximate surface area is 473 Å². The first-order chi connectivity index (χ1) is 39.5. The van der Waals surface area contributed by atoms with Gasteiger partial charge in [0.05, 0.1) is 52.9 Å². The van der Waals surface area contributed by atoms with Crippen molar-refractivity contribution in [3.63, 3.8) is 0 Å². The highest BCUT2D eigenvalue weighted by molar-refractivity contribution is 5.80. The quantitative estimate of drug-likeness (QED) is 0.0478. The molecule has 0 amide bonds. The summed E-state index contributed by atoms with van der Waals surface area (Å²) in [4.78, 5) is 4.60. The Balaban J connectivity index is 0.730. The summed E-state index contributed by atoms with van der Waals surface area (Å²) in [5, 5.41) is 0. The maximum absolute atomic E-state index is 6.15. The number of hydrogen-bond donors (Lipinski definition) is 0. The fraction of sp³-hybridized carbons (Fsp3) is 0.135. The largest absolute Gasteiger partial charge is 0.376 e. The van der Waals surface area contributed by atoms with Crippen LogP contribution in [0.4, 0.5) is 34.1 Å². The molecule has 398 valence electrons. The highest BCUT2D eigenvalue weighted by Crippen LogP contribution is 2.38. The predicted octanol–water partition coefficient (Wildman–Crippen LogP) is 18.5. The minimum Gasteiger partial charge on any atom is -0.376 e. The van der Waals surface area contributed by atoms with Gasteiger partial charge in [0.1, 0.15) is 0 Å². The van der Waals surface area contributed by atoms with E-state index in [2.05, 4.69) is 278 Å². The Kier molecular flexibility index (Phi) is 19.2. The molecule has 0 saturated carbocycles. The average Bonchev–Trinajstić information content (AvgIpc) is 3.57. The molecule has 0 N–H and O–H groups in total. The van der Waals surface area contributed by atoms with E-state index in [1.807, 2.05) is 12.2 Å². The zero-order valence-electron chi connectivity index (χ0n) is 45.4. The van der Waals surface area contributed by atoms with E-state index in [9.17, 15) is 0 Å². The molecule has 10 rings (SSSR count). The van der Waals surface area contributed by atoms with Crippen LogP contribution in [0.1, 0.15) is 44.5 Å². The Morgan fingerprint density at radius 3 is 0.775 bits per heavy atom. The molecule has 0 spiro atoms. The summed E-state index contributed by atoms with van der Waals surface area (Å²) in [7, 11) is 0. The maximum Gasteiger partial charge on any atom is 0.0718 e. The second-order valence-corrected chi connectivity index (χ2v) is 19.8. The summed E-state index contributed by atoms with van der Waals surface area (Å²) < 4.78 is 24.4. The van der Waals surface area contributed by atoms with Crippen molar-refractivity contribution >= 4 is 46.3 Å². The van der Waals surface area contributed by atoms with E-state index in [1.54, 1.807) is 0 Å². The third-order valence-corrected chi connectivity index (χ3v) is 14.2. The molecule has 80 heavy (non-hydrogen) atoms. The van der Waals surface area contributed by atoms with Gasteiger partial charge in [0.2, 0.25) is 0 Å². The van der Waals surface area contributed by atoms with Crippen LogP contribution < -0.4 is 9.80 Å². The molecular formula is C74H68N2O4. The molecule has 0 atom stereocenters. The topological polar surface area (TPSA) is 43.4 Å². The van der Waals surface area contributed by atoms with Crippen LogP contribution in [0, 0.1) is 0 Å². The minimum atomic E-state index is 0.485. The lowest BCUT2D eigenvalue weighted by Gasteiger charge is -2.26. The smallest absolute Gasteiger partial charge is 0.0718 e. The van der Waals surface area contributed by atoms with Crippen LogP contribution in [0.2, 0.25) is 0 Å². The van der Waals surface area contributed by atoms with Crippen molar-refractivity contribution in [1.82, 2.24) is 0 Å². The monoisotopic (exact) mass is 1050 g/mol. The Morgan fingerprint density at radius 1 is 0.250 bits per heavy atom. The second-order valence-electron chi connectivity index (χ2n) is 19.8. The number of ether oxygens (including phenoxy) is 4. The zero-order valence-corrected chi connectivity index (χ0v) is 45.4. The third-order valence-electron chi connectivity index (χ3n) is 14.2. The van der Waals surface area contributed by atoms with Gasteiger partial charge in [-0.15, -0.1) is 0 Å². The molecule has 0 aliphatic rings. The predicted molar refractivity (Wildman–Crippen MR) is 332 cm³/mol. The van der Waals surface area contributed by atoms with Gasteiger partial charge in [-0.2, -0.15) is 0 Å². The Morgan fingerprint density at radius 2 is 0.487 bits per heavy atom. The van der Waals surface area contributed by atoms with Crippen LogP contribution in [0.3, 0.4) is 0 Å². The summed E-state index contributed by atoms with van der Waals surface area (Å²) >= 11 is 0. The highest BCUT2D eigenvalue weighted by atomic mass is 16.5. The molecule has 6 heteroatoms. The van der Waals surface area contributed by atoms with Crippen LogP contribution in [0.15, 0.2) is 268 Å². The van der Waals surface area contributed by atoms with Gasteiger partial charge in [0.25, 0.3) is 0 Å². The molecule has 0 aliphatic heterocycles. The van der Waals surface area contributed by atoms with E-state index in [4.69, 9.17) is 18.9 Å². The van der Waals surface area contributed by atoms with E-state index in [1.165, 1.54) is 33.4 Å². The number of rotatable bonds is 27. The van der Waals surface area contributed by atoms with Crippen LogP contribution >= 0.6 is 0 Å². The lowest BCUT2D eigenvalue weighted by molar-refractivity contribution is 0.0339. The van der Waals surface area contributed by atoms with Crippen LogP contribution in [0.25, 0.3) is 34.4 Å². The van der Waals surface area contributed by atoms with Crippen molar-refractivity contribution in [3.8, 4) is 22.3 Å². The third kappa shape index (κ3) is 15.0. The number of anilines is 6. The number of nitrogens with zero attached hydrogens (tertiary/aromatic N) is 2. The first-order valence-electron chi connectivity index (χ1n) is 27.6. The fourth-order valence-electron chi connectivity index (χ4n) is 9.63. The number of hydrogen-bond acceptors (Lipinski definition) is 6. The molecule has 0 radical (unpaired) electrons. The van der Waals surface area contributed by atoms with Gasteiger partial charge >= 0.3 is 0 Å². The van der Waals surface area contributed by atoms with Gasteiger partial charge in [-0.05, 0) is 152 Å². The fourth-order valence-corrected chi connectivity index (χ4v) is 9.63. The van der Waals surface area contributed by atoms with Gasteiger partial charge in [0, 0.05) is 34.1 Å². The van der Waals surface area contributed by atoms with Crippen molar-refractivity contribution in [3.05, 3.63) is 312 Å². The van der Waals surface area contributed by atoms with Crippen LogP contribution in [-0.2, 0) is 58.2 Å². The maximum atomic E-state index is 6.15. The Hall–Kier alpha value is -8.88. The first-order valence-corrected chi connectivity index (χ1v) is 27.6. The van der Waals surface area contributed by atoms with Gasteiger partial charge in [-0.1, -0.05) is 207 Å². The van der Waals surface area contributed by atoms with E-state index in [0.717, 1.165) is 80.3 Å². The molecule has 0 fully saturated rings. The lowest BCUT2D eigenvalue weighted by atomic mass is 10.0. The molecule has 0 bridgehead atoms. The summed E-state index contributed by atoms with van der Waals surface area (Å²) in [6.07, 6.45) is 5.37. The van der Waals surface area contributed by atoms with Crippen LogP contribution in [-0.4, -0.2) is 26.4 Å². The molecule has 10 aromatic carbocycles. The summed E-state index contributed by atoms with van der Waals surface area (Å²) in [5.74, 6) is 0. The number of benzene rings is 10. The van der Waals surface area contributed by atoms with E-state index in [-0.39, 0.29) is 0 Å². The van der Waals surface area contributed by atoms with E-state index in [0.29, 0.717) is 52.9 Å². The minimum absolute atomic E-state index is 0.485. The van der Waals surface area contributed by atoms with Crippen molar-refractivity contribution in [2.75, 3.05) is 36.2 Å². The standard InChI is InChI=1S/C74H68N2O4/c1-3-57-15-19-61(20-16-57)53-77-49-47-59-23-35-69(36-24-59)75(73-43-31-67(32-44-73)65-11-7-5-8-12-65)71-39-27-63(28-40-71)55-79-51-52-80-56-64-29-41-72(42-30-64)76(74-45-33-68(34-46-74)66-13-9-6-10-14-66)70-37-25-60(26-38-70)48-50-78-54-62-21-17-58(4-2)18-22-62/h3-46H,1-2,47-56H2. The van der Waals surface area contributed by atoms with Crippen LogP contribution in [0.5, 0.6) is 0 Å². The van der Waals surface area contributed by atoms with Crippen molar-refractivity contribution < 1.29 is 18.9 Å². The summed E-state index contributed by atoms with van der Waals surface area (Å²) in [6.45, 7) is 12.1. The zero-order chi connectivity index (χ0) is 54.6. The molecular weight excluding hydrogens is 981 g/mol. The van der Waals surface area contributed by atoms with E-state index >= 15 is 0 Å². The lowest BCUT2D eigenvalue weighted by Crippen LogP contribution is -2.10. The average molecular weight is 1050 g/mol. The molecule has 0 saturated heterocycles. The Bertz CT molecular complexity index is 3220.